The average molecular weight is 389 g/mol. The predicted octanol–water partition coefficient (Wildman–Crippen LogP) is 5.89. The normalized spacial score (nSPS) is 18.7. The van der Waals surface area contributed by atoms with Gasteiger partial charge in [0.1, 0.15) is 11.4 Å². The third-order valence-corrected chi connectivity index (χ3v) is 6.17. The number of para-hydroxylation sites is 1. The summed E-state index contributed by atoms with van der Waals surface area (Å²) < 4.78 is 1.61. The van der Waals surface area contributed by atoms with Crippen LogP contribution in [-0.4, -0.2) is 20.8 Å². The van der Waals surface area contributed by atoms with Gasteiger partial charge in [-0.05, 0) is 55.9 Å². The Kier molecular flexibility index (Phi) is 5.03. The number of aromatic hydroxyl groups is 1. The molecule has 150 valence electrons. The number of benzene rings is 2. The summed E-state index contributed by atoms with van der Waals surface area (Å²) in [6.45, 7) is 8.62. The summed E-state index contributed by atoms with van der Waals surface area (Å²) >= 11 is 0. The molecule has 0 radical (unpaired) electrons. The number of phenolic OH excluding ortho intramolecular Hbond substituents is 1. The van der Waals surface area contributed by atoms with Crippen molar-refractivity contribution in [1.29, 1.82) is 0 Å². The number of aryl methyl sites for hydroxylation is 1. The second-order valence-corrected chi connectivity index (χ2v) is 8.58. The predicted molar refractivity (Wildman–Crippen MR) is 115 cm³/mol. The monoisotopic (exact) mass is 388 g/mol. The highest BCUT2D eigenvalue weighted by Gasteiger charge is 2.36. The van der Waals surface area contributed by atoms with Crippen molar-refractivity contribution in [3.63, 3.8) is 0 Å². The molecular weight excluding hydrogens is 360 g/mol. The van der Waals surface area contributed by atoms with E-state index in [1.54, 1.807) is 16.8 Å². The largest absolute Gasteiger partial charge is 0.507 e. The third-order valence-electron chi connectivity index (χ3n) is 6.17. The van der Waals surface area contributed by atoms with E-state index in [9.17, 15) is 9.90 Å². The van der Waals surface area contributed by atoms with Gasteiger partial charge >= 0.3 is 0 Å². The second-order valence-electron chi connectivity index (χ2n) is 8.58. The number of aromatic nitrogens is 2. The molecule has 1 aliphatic carbocycles. The lowest BCUT2D eigenvalue weighted by atomic mass is 9.75. The van der Waals surface area contributed by atoms with Crippen molar-refractivity contribution in [1.82, 2.24) is 9.78 Å². The lowest BCUT2D eigenvalue weighted by molar-refractivity contribution is 0.0937. The van der Waals surface area contributed by atoms with Gasteiger partial charge in [-0.15, -0.1) is 0 Å². The molecule has 4 nitrogen and oxygen atoms in total. The van der Waals surface area contributed by atoms with E-state index in [4.69, 9.17) is 5.10 Å². The lowest BCUT2D eigenvalue weighted by Gasteiger charge is -2.30. The van der Waals surface area contributed by atoms with Gasteiger partial charge in [0.2, 0.25) is 0 Å². The Morgan fingerprint density at radius 3 is 2.45 bits per heavy atom. The van der Waals surface area contributed by atoms with Gasteiger partial charge in [-0.1, -0.05) is 50.6 Å². The highest BCUT2D eigenvalue weighted by Crippen LogP contribution is 2.47. The number of fused-ring (bicyclic) bond motifs is 1. The van der Waals surface area contributed by atoms with Crippen LogP contribution in [0.5, 0.6) is 5.75 Å². The van der Waals surface area contributed by atoms with Crippen molar-refractivity contribution in [3.8, 4) is 17.0 Å². The minimum atomic E-state index is -0.109. The van der Waals surface area contributed by atoms with Crippen molar-refractivity contribution in [3.05, 3.63) is 70.9 Å². The van der Waals surface area contributed by atoms with Crippen LogP contribution in [0.4, 0.5) is 0 Å². The molecule has 0 bridgehead atoms. The van der Waals surface area contributed by atoms with E-state index in [-0.39, 0.29) is 23.5 Å². The molecule has 0 saturated carbocycles. The minimum absolute atomic E-state index is 0.109. The van der Waals surface area contributed by atoms with E-state index in [0.29, 0.717) is 17.0 Å². The maximum Gasteiger partial charge on any atom is 0.278 e. The zero-order valence-corrected chi connectivity index (χ0v) is 17.5. The molecule has 0 amide bonds. The molecule has 4 rings (SSSR count). The lowest BCUT2D eigenvalue weighted by Crippen LogP contribution is -2.24. The summed E-state index contributed by atoms with van der Waals surface area (Å²) in [7, 11) is 0. The first-order valence-electron chi connectivity index (χ1n) is 10.4. The van der Waals surface area contributed by atoms with Gasteiger partial charge in [-0.25, -0.2) is 0 Å². The third kappa shape index (κ3) is 3.37. The summed E-state index contributed by atoms with van der Waals surface area (Å²) in [6, 6.07) is 14.9. The number of hydrogen-bond donors (Lipinski definition) is 1. The van der Waals surface area contributed by atoms with Crippen LogP contribution >= 0.6 is 0 Å². The summed E-state index contributed by atoms with van der Waals surface area (Å²) in [5.74, 6) is 1.04. The Morgan fingerprint density at radius 2 is 1.79 bits per heavy atom. The number of carbonyl (C=O) groups is 1. The Morgan fingerprint density at radius 1 is 1.10 bits per heavy atom. The van der Waals surface area contributed by atoms with E-state index in [1.165, 1.54) is 0 Å². The molecular formula is C25H28N2O2. The molecule has 1 aromatic heterocycles. The fourth-order valence-electron chi connectivity index (χ4n) is 4.49. The van der Waals surface area contributed by atoms with Gasteiger partial charge in [0.15, 0.2) is 0 Å². The zero-order chi connectivity index (χ0) is 20.7. The molecule has 3 aromatic rings. The van der Waals surface area contributed by atoms with Crippen LogP contribution in [0.3, 0.4) is 0 Å². The number of carbonyl (C=O) groups excluding carboxylic acids is 1. The standard InChI is InChI=1S/C25H28N2O2/c1-15(2)19-14-11-17(4)22-23(20-7-5-6-8-21(20)28)26-27(24(19)22)25(29)18-12-9-16(3)10-13-18/h5-10,12-13,15,17,19,28H,11,14H2,1-4H3/t17-,19+/m1/s1. The Bertz CT molecular complexity index is 1050. The molecule has 0 spiro atoms. The molecule has 2 aromatic carbocycles. The maximum absolute atomic E-state index is 13.5. The fourth-order valence-corrected chi connectivity index (χ4v) is 4.49. The Labute approximate surface area is 172 Å². The van der Waals surface area contributed by atoms with Gasteiger partial charge in [-0.2, -0.15) is 9.78 Å². The van der Waals surface area contributed by atoms with Crippen LogP contribution in [-0.2, 0) is 0 Å². The molecule has 1 aliphatic rings. The van der Waals surface area contributed by atoms with Crippen LogP contribution in [0.2, 0.25) is 0 Å². The van der Waals surface area contributed by atoms with Gasteiger partial charge in [0.25, 0.3) is 5.91 Å². The van der Waals surface area contributed by atoms with Gasteiger partial charge in [-0.3, -0.25) is 4.79 Å². The molecule has 29 heavy (non-hydrogen) atoms. The van der Waals surface area contributed by atoms with Crippen LogP contribution in [0.15, 0.2) is 48.5 Å². The minimum Gasteiger partial charge on any atom is -0.507 e. The second kappa shape index (κ2) is 7.51. The van der Waals surface area contributed by atoms with Gasteiger partial charge < -0.3 is 5.11 Å². The van der Waals surface area contributed by atoms with Crippen LogP contribution < -0.4 is 0 Å². The highest BCUT2D eigenvalue weighted by molar-refractivity contribution is 5.96. The molecule has 1 N–H and O–H groups in total. The van der Waals surface area contributed by atoms with E-state index in [0.717, 1.165) is 35.4 Å². The number of nitrogens with zero attached hydrogens (tertiary/aromatic N) is 2. The van der Waals surface area contributed by atoms with Gasteiger partial charge in [0, 0.05) is 22.6 Å². The van der Waals surface area contributed by atoms with Crippen LogP contribution in [0.25, 0.3) is 11.3 Å². The van der Waals surface area contributed by atoms with Gasteiger partial charge in [0.05, 0.1) is 5.69 Å². The van der Waals surface area contributed by atoms with Crippen molar-refractivity contribution in [2.75, 3.05) is 0 Å². The van der Waals surface area contributed by atoms with Crippen LogP contribution in [0.1, 0.15) is 72.6 Å². The topological polar surface area (TPSA) is 55.1 Å². The number of phenols is 1. The molecule has 2 atom stereocenters. The van der Waals surface area contributed by atoms with Crippen molar-refractivity contribution in [2.24, 2.45) is 5.92 Å². The first-order chi connectivity index (χ1) is 13.9. The Balaban J connectivity index is 1.96. The van der Waals surface area contributed by atoms with Crippen molar-refractivity contribution in [2.45, 2.75) is 52.4 Å². The first kappa shape index (κ1) is 19.4. The number of rotatable bonds is 3. The van der Waals surface area contributed by atoms with E-state index in [2.05, 4.69) is 20.8 Å². The first-order valence-corrected chi connectivity index (χ1v) is 10.4. The summed E-state index contributed by atoms with van der Waals surface area (Å²) in [4.78, 5) is 13.5. The molecule has 4 heteroatoms. The van der Waals surface area contributed by atoms with E-state index < -0.39 is 0 Å². The average Bonchev–Trinajstić information content (AvgIpc) is 3.09. The smallest absolute Gasteiger partial charge is 0.278 e. The molecule has 0 fully saturated rings. The molecule has 0 saturated heterocycles. The van der Waals surface area contributed by atoms with Crippen LogP contribution in [0, 0.1) is 12.8 Å². The summed E-state index contributed by atoms with van der Waals surface area (Å²) in [6.07, 6.45) is 2.10. The SMILES string of the molecule is Cc1ccc(C(=O)n2nc(-c3ccccc3O)c3c2[C@H](C(C)C)CC[C@H]3C)cc1. The van der Waals surface area contributed by atoms with E-state index >= 15 is 0 Å². The highest BCUT2D eigenvalue weighted by atomic mass is 16.3. The fraction of sp³-hybridized carbons (Fsp3) is 0.360. The summed E-state index contributed by atoms with van der Waals surface area (Å²) in [5.41, 5.74) is 5.30. The van der Waals surface area contributed by atoms with E-state index in [1.807, 2.05) is 43.3 Å². The Hall–Kier alpha value is -2.88. The molecule has 0 aliphatic heterocycles. The molecule has 0 unspecified atom stereocenters. The maximum atomic E-state index is 13.5. The zero-order valence-electron chi connectivity index (χ0n) is 17.5. The quantitative estimate of drug-likeness (QED) is 0.609. The summed E-state index contributed by atoms with van der Waals surface area (Å²) in [5, 5.41) is 15.3. The van der Waals surface area contributed by atoms with Crippen molar-refractivity contribution >= 4 is 5.91 Å². The number of hydrogen-bond acceptors (Lipinski definition) is 3. The molecule has 1 heterocycles. The van der Waals surface area contributed by atoms with Crippen molar-refractivity contribution < 1.29 is 9.90 Å².